The van der Waals surface area contributed by atoms with E-state index in [1.807, 2.05) is 0 Å². The molecule has 0 spiro atoms. The predicted molar refractivity (Wildman–Crippen MR) is 128 cm³/mol. The highest BCUT2D eigenvalue weighted by atomic mass is 79.9. The molecule has 2 heterocycles. The van der Waals surface area contributed by atoms with E-state index in [2.05, 4.69) is 20.9 Å². The maximum Gasteiger partial charge on any atom is 0.181 e. The molecule has 6 nitrogen and oxygen atoms in total. The van der Waals surface area contributed by atoms with Crippen LogP contribution >= 0.6 is 15.9 Å². The van der Waals surface area contributed by atoms with Crippen LogP contribution in [0.15, 0.2) is 52.0 Å². The van der Waals surface area contributed by atoms with Crippen LogP contribution in [-0.4, -0.2) is 43.4 Å². The van der Waals surface area contributed by atoms with Gasteiger partial charge >= 0.3 is 0 Å². The van der Waals surface area contributed by atoms with Gasteiger partial charge in [-0.25, -0.2) is 8.42 Å². The minimum atomic E-state index is -3.27. The first-order valence-corrected chi connectivity index (χ1v) is 13.8. The third kappa shape index (κ3) is 6.16. The van der Waals surface area contributed by atoms with E-state index in [1.165, 1.54) is 0 Å². The molecule has 2 fully saturated rings. The standard InChI is InChI=1S/C25H28BrNO5S/c26-19-3-8-23(27-16-19)25(29)10-9-24(28)22(15-17-11-13-32-14-12-17)18-1-4-20(5-2-18)33(30,31)21-6-7-21/h1-5,8,16-17,21-22H,6-7,9-15H2. The Morgan fingerprint density at radius 3 is 2.30 bits per heavy atom. The summed E-state index contributed by atoms with van der Waals surface area (Å²) < 4.78 is 31.3. The number of pyridine rings is 1. The zero-order valence-electron chi connectivity index (χ0n) is 18.4. The molecule has 0 N–H and O–H groups in total. The van der Waals surface area contributed by atoms with Gasteiger partial charge in [-0.2, -0.15) is 0 Å². The average Bonchev–Trinajstić information content (AvgIpc) is 3.68. The number of ketones is 2. The average molecular weight is 534 g/mol. The summed E-state index contributed by atoms with van der Waals surface area (Å²) in [5, 5.41) is -0.263. The van der Waals surface area contributed by atoms with E-state index in [0.717, 1.165) is 35.7 Å². The number of benzene rings is 1. The monoisotopic (exact) mass is 533 g/mol. The zero-order chi connectivity index (χ0) is 23.4. The minimum absolute atomic E-state index is 0.00440. The van der Waals surface area contributed by atoms with Crippen LogP contribution in [0.5, 0.6) is 0 Å². The number of carbonyl (C=O) groups is 2. The van der Waals surface area contributed by atoms with Crippen molar-refractivity contribution < 1.29 is 22.7 Å². The fourth-order valence-corrected chi connectivity index (χ4v) is 6.20. The number of sulfone groups is 1. The Labute approximate surface area is 203 Å². The number of nitrogens with zero attached hydrogens (tertiary/aromatic N) is 1. The zero-order valence-corrected chi connectivity index (χ0v) is 20.8. The lowest BCUT2D eigenvalue weighted by atomic mass is 9.81. The number of Topliss-reactive ketones (excluding diaryl/α,β-unsaturated/α-hetero) is 2. The lowest BCUT2D eigenvalue weighted by molar-refractivity contribution is -0.121. The van der Waals surface area contributed by atoms with Crippen LogP contribution in [0.1, 0.15) is 66.9 Å². The van der Waals surface area contributed by atoms with Gasteiger partial charge in [0.1, 0.15) is 11.5 Å². The Morgan fingerprint density at radius 2 is 1.70 bits per heavy atom. The Bertz CT molecular complexity index is 1090. The molecule has 1 saturated heterocycles. The molecule has 0 radical (unpaired) electrons. The summed E-state index contributed by atoms with van der Waals surface area (Å²) in [6.45, 7) is 1.38. The fraction of sp³-hybridized carbons (Fsp3) is 0.480. The van der Waals surface area contributed by atoms with Crippen molar-refractivity contribution in [1.29, 1.82) is 0 Å². The number of hydrogen-bond donors (Lipinski definition) is 0. The molecular weight excluding hydrogens is 506 g/mol. The van der Waals surface area contributed by atoms with Crippen molar-refractivity contribution in [3.8, 4) is 0 Å². The molecule has 1 unspecified atom stereocenters. The lowest BCUT2D eigenvalue weighted by Crippen LogP contribution is -2.22. The molecule has 1 aliphatic carbocycles. The van der Waals surface area contributed by atoms with Gasteiger partial charge in [-0.1, -0.05) is 12.1 Å². The van der Waals surface area contributed by atoms with Gasteiger partial charge in [-0.15, -0.1) is 0 Å². The van der Waals surface area contributed by atoms with Gasteiger partial charge < -0.3 is 4.74 Å². The first kappa shape index (κ1) is 24.2. The van der Waals surface area contributed by atoms with Gasteiger partial charge in [0.25, 0.3) is 0 Å². The van der Waals surface area contributed by atoms with Crippen molar-refractivity contribution >= 4 is 37.3 Å². The van der Waals surface area contributed by atoms with Crippen molar-refractivity contribution in [3.05, 3.63) is 58.3 Å². The second kappa shape index (κ2) is 10.6. The van der Waals surface area contributed by atoms with E-state index in [0.29, 0.717) is 36.1 Å². The topological polar surface area (TPSA) is 90.4 Å². The summed E-state index contributed by atoms with van der Waals surface area (Å²) in [6, 6.07) is 10.2. The van der Waals surface area contributed by atoms with Crippen LogP contribution in [0.25, 0.3) is 0 Å². The van der Waals surface area contributed by atoms with Gasteiger partial charge in [0.2, 0.25) is 0 Å². The van der Waals surface area contributed by atoms with Crippen molar-refractivity contribution in [2.75, 3.05) is 13.2 Å². The molecule has 1 aromatic heterocycles. The first-order valence-electron chi connectivity index (χ1n) is 11.4. The number of ether oxygens (including phenoxy) is 1. The Balaban J connectivity index is 1.48. The first-order chi connectivity index (χ1) is 15.8. The number of aromatic nitrogens is 1. The molecule has 33 heavy (non-hydrogen) atoms. The maximum absolute atomic E-state index is 13.3. The van der Waals surface area contributed by atoms with E-state index in [-0.39, 0.29) is 35.6 Å². The largest absolute Gasteiger partial charge is 0.381 e. The summed E-state index contributed by atoms with van der Waals surface area (Å²) in [7, 11) is -3.27. The predicted octanol–water partition coefficient (Wildman–Crippen LogP) is 4.91. The Hall–Kier alpha value is -1.90. The molecule has 4 rings (SSSR count). The minimum Gasteiger partial charge on any atom is -0.381 e. The molecule has 1 atom stereocenters. The molecule has 176 valence electrons. The maximum atomic E-state index is 13.3. The van der Waals surface area contributed by atoms with Crippen molar-refractivity contribution in [2.45, 2.75) is 61.0 Å². The quantitative estimate of drug-likeness (QED) is 0.403. The Morgan fingerprint density at radius 1 is 1.00 bits per heavy atom. The molecule has 0 bridgehead atoms. The second-order valence-electron chi connectivity index (χ2n) is 8.91. The highest BCUT2D eigenvalue weighted by Crippen LogP contribution is 2.35. The highest BCUT2D eigenvalue weighted by Gasteiger charge is 2.37. The van der Waals surface area contributed by atoms with Crippen molar-refractivity contribution in [3.63, 3.8) is 0 Å². The van der Waals surface area contributed by atoms with Crippen LogP contribution in [0, 0.1) is 5.92 Å². The molecule has 1 aliphatic heterocycles. The third-order valence-corrected chi connectivity index (χ3v) is 9.23. The van der Waals surface area contributed by atoms with Crippen molar-refractivity contribution in [2.24, 2.45) is 5.92 Å². The van der Waals surface area contributed by atoms with Crippen LogP contribution in [0.4, 0.5) is 0 Å². The van der Waals surface area contributed by atoms with Crippen molar-refractivity contribution in [1.82, 2.24) is 4.98 Å². The SMILES string of the molecule is O=C(CCC(=O)C(CC1CCOCC1)c1ccc(S(=O)(=O)C2CC2)cc1)c1ccc(Br)cn1. The van der Waals surface area contributed by atoms with E-state index < -0.39 is 9.84 Å². The summed E-state index contributed by atoms with van der Waals surface area (Å²) in [6.07, 6.45) is 5.73. The summed E-state index contributed by atoms with van der Waals surface area (Å²) in [4.78, 5) is 30.2. The van der Waals surface area contributed by atoms with Gasteiger partial charge in [0.05, 0.1) is 10.1 Å². The van der Waals surface area contributed by atoms with Gasteiger partial charge in [0, 0.05) is 42.6 Å². The Kier molecular flexibility index (Phi) is 7.76. The number of carbonyl (C=O) groups excluding carboxylic acids is 2. The molecule has 2 aromatic rings. The van der Waals surface area contributed by atoms with E-state index >= 15 is 0 Å². The number of hydrogen-bond acceptors (Lipinski definition) is 6. The molecule has 1 saturated carbocycles. The van der Waals surface area contributed by atoms with Gasteiger partial charge in [0.15, 0.2) is 15.6 Å². The lowest BCUT2D eigenvalue weighted by Gasteiger charge is -2.26. The normalized spacial score (nSPS) is 18.1. The second-order valence-corrected chi connectivity index (χ2v) is 12.1. The number of rotatable bonds is 10. The molecule has 2 aliphatic rings. The third-order valence-electron chi connectivity index (χ3n) is 6.48. The van der Waals surface area contributed by atoms with E-state index in [9.17, 15) is 18.0 Å². The molecule has 1 aromatic carbocycles. The summed E-state index contributed by atoms with van der Waals surface area (Å²) in [5.74, 6) is -0.154. The summed E-state index contributed by atoms with van der Waals surface area (Å²) in [5.41, 5.74) is 1.16. The van der Waals surface area contributed by atoms with Crippen LogP contribution in [-0.2, 0) is 19.4 Å². The molecular formula is C25H28BrNO5S. The van der Waals surface area contributed by atoms with Crippen LogP contribution < -0.4 is 0 Å². The van der Waals surface area contributed by atoms with E-state index in [1.54, 1.807) is 42.6 Å². The van der Waals surface area contributed by atoms with Gasteiger partial charge in [-0.05, 0) is 83.8 Å². The molecule has 8 heteroatoms. The van der Waals surface area contributed by atoms with Crippen LogP contribution in [0.3, 0.4) is 0 Å². The fourth-order valence-electron chi connectivity index (χ4n) is 4.31. The van der Waals surface area contributed by atoms with E-state index in [4.69, 9.17) is 4.74 Å². The van der Waals surface area contributed by atoms with Crippen LogP contribution in [0.2, 0.25) is 0 Å². The van der Waals surface area contributed by atoms with Gasteiger partial charge in [-0.3, -0.25) is 14.6 Å². The highest BCUT2D eigenvalue weighted by molar-refractivity contribution is 9.10. The molecule has 0 amide bonds. The number of halogens is 1. The smallest absolute Gasteiger partial charge is 0.181 e. The summed E-state index contributed by atoms with van der Waals surface area (Å²) >= 11 is 3.30.